The van der Waals surface area contributed by atoms with Crippen LogP contribution in [-0.4, -0.2) is 78.6 Å². The van der Waals surface area contributed by atoms with E-state index in [0.29, 0.717) is 18.7 Å². The Bertz CT molecular complexity index is 1690. The predicted molar refractivity (Wildman–Crippen MR) is 200 cm³/mol. The topological polar surface area (TPSA) is 171 Å². The first kappa shape index (κ1) is 39.4. The number of benzene rings is 2. The van der Waals surface area contributed by atoms with Crippen LogP contribution in [0, 0.1) is 5.92 Å². The molecule has 5 amide bonds. The Labute approximate surface area is 310 Å². The molecule has 1 saturated heterocycles. The molecule has 4 rings (SSSR count). The zero-order chi connectivity index (χ0) is 37.2. The third-order valence-corrected chi connectivity index (χ3v) is 9.53. The zero-order valence-electron chi connectivity index (χ0n) is 29.6. The molecule has 2 heterocycles. The number of likely N-dealkylation sites (N-methyl/N-ethyl adjacent to an activating group) is 1. The number of nitrogens with zero attached hydrogens (tertiary/aromatic N) is 2. The van der Waals surface area contributed by atoms with Crippen molar-refractivity contribution in [3.8, 4) is 0 Å². The first-order valence-electron chi connectivity index (χ1n) is 16.9. The molecule has 51 heavy (non-hydrogen) atoms. The summed E-state index contributed by atoms with van der Waals surface area (Å²) < 4.78 is 6.25. The van der Waals surface area contributed by atoms with Crippen LogP contribution in [0.4, 0.5) is 10.5 Å². The van der Waals surface area contributed by atoms with Gasteiger partial charge in [0.05, 0.1) is 29.8 Å². The van der Waals surface area contributed by atoms with Crippen molar-refractivity contribution in [2.24, 2.45) is 5.92 Å². The maximum absolute atomic E-state index is 13.9. The normalized spacial score (nSPS) is 16.5. The molecular weight excluding hydrogens is 738 g/mol. The molecule has 5 atom stereocenters. The summed E-state index contributed by atoms with van der Waals surface area (Å²) in [5, 5.41) is 16.7. The highest BCUT2D eigenvalue weighted by Gasteiger charge is 2.31. The third kappa shape index (κ3) is 11.1. The second-order valence-electron chi connectivity index (χ2n) is 12.9. The van der Waals surface area contributed by atoms with Gasteiger partial charge in [-0.05, 0) is 69.5 Å². The largest absolute Gasteiger partial charge is 0.444 e. The summed E-state index contributed by atoms with van der Waals surface area (Å²) in [5.74, 6) is -1.64. The van der Waals surface area contributed by atoms with Crippen LogP contribution in [0.5, 0.6) is 0 Å². The van der Waals surface area contributed by atoms with Gasteiger partial charge in [-0.3, -0.25) is 24.1 Å². The highest BCUT2D eigenvalue weighted by molar-refractivity contribution is 9.10. The Morgan fingerprint density at radius 3 is 2.22 bits per heavy atom. The summed E-state index contributed by atoms with van der Waals surface area (Å²) in [5.41, 5.74) is 4.05. The van der Waals surface area contributed by atoms with Crippen LogP contribution in [0.1, 0.15) is 79.6 Å². The van der Waals surface area contributed by atoms with Crippen LogP contribution in [0.15, 0.2) is 57.8 Å². The number of halogens is 1. The Kier molecular flexibility index (Phi) is 14.1. The minimum atomic E-state index is -0.695. The Hall–Kier alpha value is -4.34. The van der Waals surface area contributed by atoms with Gasteiger partial charge in [0.1, 0.15) is 12.1 Å². The number of carbonyl (C=O) groups excluding carboxylic acids is 5. The van der Waals surface area contributed by atoms with Crippen molar-refractivity contribution in [1.82, 2.24) is 31.6 Å². The van der Waals surface area contributed by atoms with Gasteiger partial charge in [0, 0.05) is 52.2 Å². The zero-order valence-corrected chi connectivity index (χ0v) is 32.0. The van der Waals surface area contributed by atoms with Gasteiger partial charge < -0.3 is 31.3 Å². The predicted octanol–water partition coefficient (Wildman–Crippen LogP) is 4.34. The molecule has 1 unspecified atom stereocenters. The Balaban J connectivity index is 1.54. The molecule has 3 aromatic rings. The number of amides is 5. The van der Waals surface area contributed by atoms with Crippen LogP contribution < -0.4 is 31.5 Å². The molecule has 0 saturated carbocycles. The molecule has 0 bridgehead atoms. The minimum absolute atomic E-state index is 0.123. The number of rotatable bonds is 16. The number of hydrogen-bond donors (Lipinski definition) is 5. The fourth-order valence-electron chi connectivity index (χ4n) is 5.50. The number of carbonyl (C=O) groups is 5. The molecule has 1 fully saturated rings. The molecule has 274 valence electrons. The fourth-order valence-corrected chi connectivity index (χ4v) is 6.34. The lowest BCUT2D eigenvalue weighted by molar-refractivity contribution is -0.130. The van der Waals surface area contributed by atoms with Crippen LogP contribution in [0.3, 0.4) is 0 Å². The lowest BCUT2D eigenvalue weighted by Crippen LogP contribution is -2.55. The maximum atomic E-state index is 13.9. The van der Waals surface area contributed by atoms with E-state index >= 15 is 0 Å². The van der Waals surface area contributed by atoms with Crippen molar-refractivity contribution in [3.63, 3.8) is 0 Å². The van der Waals surface area contributed by atoms with E-state index in [1.165, 1.54) is 22.3 Å². The van der Waals surface area contributed by atoms with E-state index in [9.17, 15) is 24.0 Å². The summed E-state index contributed by atoms with van der Waals surface area (Å²) in [6, 6.07) is 9.95. The lowest BCUT2D eigenvalue weighted by Gasteiger charge is -2.25. The van der Waals surface area contributed by atoms with Crippen LogP contribution >= 0.6 is 27.3 Å². The van der Waals surface area contributed by atoms with Crippen molar-refractivity contribution in [1.29, 1.82) is 0 Å². The van der Waals surface area contributed by atoms with Crippen molar-refractivity contribution >= 4 is 62.7 Å². The molecule has 0 spiro atoms. The molecule has 13 nitrogen and oxygen atoms in total. The van der Waals surface area contributed by atoms with E-state index in [2.05, 4.69) is 47.5 Å². The maximum Gasteiger partial charge on any atom is 0.414 e. The number of anilines is 1. The molecule has 0 radical (unpaired) electrons. The van der Waals surface area contributed by atoms with Gasteiger partial charge in [0.15, 0.2) is 0 Å². The SMILES string of the molecule is CCNC(=O)[C@@H](NC(=O)[C@H](C)NC[C@H](Cc1cscn1)NC(=O)c1cc(C(=O)N[C@H](C)c2ccc(Br)cc2)cc(N2CC(C)OC2=O)c1)C(C)C. The molecular formula is C36H46BrN7O6S. The quantitative estimate of drug-likeness (QED) is 0.143. The van der Waals surface area contributed by atoms with Crippen molar-refractivity contribution in [2.45, 2.75) is 78.2 Å². The van der Waals surface area contributed by atoms with E-state index in [1.54, 1.807) is 31.5 Å². The first-order chi connectivity index (χ1) is 24.2. The van der Waals surface area contributed by atoms with Crippen LogP contribution in [0.2, 0.25) is 0 Å². The highest BCUT2D eigenvalue weighted by atomic mass is 79.9. The summed E-state index contributed by atoms with van der Waals surface area (Å²) in [7, 11) is 0. The molecule has 1 aromatic heterocycles. The first-order valence-corrected chi connectivity index (χ1v) is 18.7. The van der Waals surface area contributed by atoms with Crippen molar-refractivity contribution in [2.75, 3.05) is 24.5 Å². The van der Waals surface area contributed by atoms with Crippen molar-refractivity contribution in [3.05, 3.63) is 80.2 Å². The molecule has 5 N–H and O–H groups in total. The third-order valence-electron chi connectivity index (χ3n) is 8.37. The van der Waals surface area contributed by atoms with E-state index in [0.717, 1.165) is 15.7 Å². The van der Waals surface area contributed by atoms with Crippen LogP contribution in [0.25, 0.3) is 0 Å². The molecule has 0 aliphatic carbocycles. The Morgan fingerprint density at radius 1 is 0.980 bits per heavy atom. The van der Waals surface area contributed by atoms with E-state index in [1.807, 2.05) is 57.3 Å². The Morgan fingerprint density at radius 2 is 1.65 bits per heavy atom. The fraction of sp³-hybridized carbons (Fsp3) is 0.444. The van der Waals surface area contributed by atoms with Gasteiger partial charge in [-0.2, -0.15) is 0 Å². The number of nitrogens with one attached hydrogen (secondary N) is 5. The molecule has 1 aliphatic heterocycles. The summed E-state index contributed by atoms with van der Waals surface area (Å²) in [6.45, 7) is 11.7. The number of ether oxygens (including phenoxy) is 1. The lowest BCUT2D eigenvalue weighted by atomic mass is 10.0. The molecule has 15 heteroatoms. The van der Waals surface area contributed by atoms with Crippen molar-refractivity contribution < 1.29 is 28.7 Å². The number of hydrogen-bond acceptors (Lipinski definition) is 9. The average molecular weight is 785 g/mol. The second-order valence-corrected chi connectivity index (χ2v) is 14.6. The van der Waals surface area contributed by atoms with E-state index < -0.39 is 36.0 Å². The number of aromatic nitrogens is 1. The van der Waals surface area contributed by atoms with E-state index in [-0.39, 0.29) is 54.1 Å². The average Bonchev–Trinajstić information content (AvgIpc) is 3.73. The van der Waals surface area contributed by atoms with Gasteiger partial charge in [-0.1, -0.05) is 41.9 Å². The van der Waals surface area contributed by atoms with E-state index in [4.69, 9.17) is 4.74 Å². The standard InChI is InChI=1S/C36H46BrN7O6S/c1-7-38-35(48)31(20(2)3)43-32(45)23(6)39-16-28(15-29-18-51-19-40-29)42-34(47)26-12-25(13-30(14-26)44-17-21(4)50-36(44)49)33(46)41-22(5)24-8-10-27(37)11-9-24/h8-14,18-23,28,31,39H,7,15-17H2,1-6H3,(H,38,48)(H,41,46)(H,42,47)(H,43,45)/t21?,22-,23+,28+,31+/m1/s1. The number of thiazole rings is 1. The van der Waals surface area contributed by atoms with Gasteiger partial charge in [-0.25, -0.2) is 9.78 Å². The highest BCUT2D eigenvalue weighted by Crippen LogP contribution is 2.26. The van der Waals surface area contributed by atoms with Gasteiger partial charge in [0.2, 0.25) is 11.8 Å². The second kappa shape index (κ2) is 18.2. The van der Waals surface area contributed by atoms with Crippen LogP contribution in [-0.2, 0) is 20.7 Å². The summed E-state index contributed by atoms with van der Waals surface area (Å²) >= 11 is 4.85. The molecule has 2 aromatic carbocycles. The minimum Gasteiger partial charge on any atom is -0.444 e. The summed E-state index contributed by atoms with van der Waals surface area (Å²) in [4.78, 5) is 71.6. The van der Waals surface area contributed by atoms with Gasteiger partial charge in [0.25, 0.3) is 11.8 Å². The molecule has 1 aliphatic rings. The number of cyclic esters (lactones) is 1. The monoisotopic (exact) mass is 783 g/mol. The van der Waals surface area contributed by atoms with Gasteiger partial charge in [-0.15, -0.1) is 11.3 Å². The summed E-state index contributed by atoms with van der Waals surface area (Å²) in [6.07, 6.45) is -0.577. The van der Waals surface area contributed by atoms with Gasteiger partial charge >= 0.3 is 6.09 Å². The smallest absolute Gasteiger partial charge is 0.414 e.